The van der Waals surface area contributed by atoms with E-state index in [1.807, 2.05) is 0 Å². The maximum absolute atomic E-state index is 13.1. The summed E-state index contributed by atoms with van der Waals surface area (Å²) in [6.45, 7) is 1.56. The second-order valence-corrected chi connectivity index (χ2v) is 10.2. The van der Waals surface area contributed by atoms with Crippen molar-refractivity contribution >= 4 is 67.1 Å². The SMILES string of the molecule is COc1cc(Cl)cc(NC(=O)c2cc3ccccc3c(N=Nc3cc(Cl)c(S(=O)(=O)O)cc3C)c2O)c1. The number of fused-ring (bicyclic) bond motifs is 1. The quantitative estimate of drug-likeness (QED) is 0.170. The van der Waals surface area contributed by atoms with Crippen LogP contribution in [0.25, 0.3) is 10.8 Å². The van der Waals surface area contributed by atoms with Gasteiger partial charge >= 0.3 is 0 Å². The Labute approximate surface area is 222 Å². The number of carbonyl (C=O) groups is 1. The van der Waals surface area contributed by atoms with Crippen LogP contribution in [0, 0.1) is 6.92 Å². The van der Waals surface area contributed by atoms with E-state index < -0.39 is 26.7 Å². The third-order valence-electron chi connectivity index (χ3n) is 5.39. The molecule has 0 atom stereocenters. The van der Waals surface area contributed by atoms with Gasteiger partial charge in [-0.2, -0.15) is 13.5 Å². The molecule has 0 heterocycles. The van der Waals surface area contributed by atoms with E-state index in [4.69, 9.17) is 27.9 Å². The Balaban J connectivity index is 1.78. The van der Waals surface area contributed by atoms with E-state index in [1.54, 1.807) is 43.3 Å². The molecule has 0 fully saturated rings. The predicted octanol–water partition coefficient (Wildman–Crippen LogP) is 7.08. The van der Waals surface area contributed by atoms with E-state index in [-0.39, 0.29) is 22.0 Å². The minimum atomic E-state index is -4.53. The van der Waals surface area contributed by atoms with Gasteiger partial charge in [0.15, 0.2) is 5.75 Å². The third kappa shape index (κ3) is 5.67. The first-order chi connectivity index (χ1) is 17.5. The van der Waals surface area contributed by atoms with Crippen LogP contribution in [0.4, 0.5) is 17.1 Å². The molecule has 0 unspecified atom stereocenters. The number of azo groups is 1. The Morgan fingerprint density at radius 2 is 1.76 bits per heavy atom. The number of hydrogen-bond donors (Lipinski definition) is 3. The maximum atomic E-state index is 13.1. The molecular formula is C25H19Cl2N3O6S. The molecule has 0 bridgehead atoms. The minimum Gasteiger partial charge on any atom is -0.505 e. The summed E-state index contributed by atoms with van der Waals surface area (Å²) >= 11 is 12.1. The summed E-state index contributed by atoms with van der Waals surface area (Å²) in [5, 5.41) is 23.3. The number of carbonyl (C=O) groups excluding carboxylic acids is 1. The molecule has 9 nitrogen and oxygen atoms in total. The van der Waals surface area contributed by atoms with Crippen molar-refractivity contribution in [3.63, 3.8) is 0 Å². The first-order valence-electron chi connectivity index (χ1n) is 10.6. The van der Waals surface area contributed by atoms with Crippen LogP contribution in [0.2, 0.25) is 10.0 Å². The molecule has 0 saturated heterocycles. The largest absolute Gasteiger partial charge is 0.505 e. The summed E-state index contributed by atoms with van der Waals surface area (Å²) in [5.41, 5.74) is 0.855. The molecule has 4 rings (SSSR count). The fourth-order valence-corrected chi connectivity index (χ4v) is 4.90. The summed E-state index contributed by atoms with van der Waals surface area (Å²) < 4.78 is 37.5. The predicted molar refractivity (Wildman–Crippen MR) is 142 cm³/mol. The number of benzene rings is 4. The lowest BCUT2D eigenvalue weighted by atomic mass is 10.0. The highest BCUT2D eigenvalue weighted by Gasteiger charge is 2.20. The van der Waals surface area contributed by atoms with Crippen LogP contribution in [0.1, 0.15) is 15.9 Å². The number of amides is 1. The summed E-state index contributed by atoms with van der Waals surface area (Å²) in [6, 6.07) is 15.5. The number of anilines is 1. The monoisotopic (exact) mass is 559 g/mol. The lowest BCUT2D eigenvalue weighted by molar-refractivity contribution is 0.102. The Morgan fingerprint density at radius 1 is 1.03 bits per heavy atom. The summed E-state index contributed by atoms with van der Waals surface area (Å²) in [6.07, 6.45) is 0. The Kier molecular flexibility index (Phi) is 7.37. The molecule has 0 spiro atoms. The van der Waals surface area contributed by atoms with Crippen molar-refractivity contribution in [2.45, 2.75) is 11.8 Å². The van der Waals surface area contributed by atoms with Crippen LogP contribution >= 0.6 is 23.2 Å². The number of aryl methyl sites for hydroxylation is 1. The number of nitrogens with one attached hydrogen (secondary N) is 1. The van der Waals surface area contributed by atoms with Crippen molar-refractivity contribution in [3.05, 3.63) is 81.8 Å². The van der Waals surface area contributed by atoms with Gasteiger partial charge in [-0.15, -0.1) is 5.11 Å². The van der Waals surface area contributed by atoms with Gasteiger partial charge in [-0.25, -0.2) is 0 Å². The highest BCUT2D eigenvalue weighted by molar-refractivity contribution is 7.86. The number of ether oxygens (including phenoxy) is 1. The van der Waals surface area contributed by atoms with Crippen molar-refractivity contribution in [3.8, 4) is 11.5 Å². The van der Waals surface area contributed by atoms with Gasteiger partial charge in [0, 0.05) is 22.2 Å². The van der Waals surface area contributed by atoms with Crippen LogP contribution in [0.3, 0.4) is 0 Å². The highest BCUT2D eigenvalue weighted by atomic mass is 35.5. The summed E-state index contributed by atoms with van der Waals surface area (Å²) in [5.74, 6) is -0.609. The number of aromatic hydroxyl groups is 1. The van der Waals surface area contributed by atoms with Crippen molar-refractivity contribution in [1.29, 1.82) is 0 Å². The van der Waals surface area contributed by atoms with Crippen molar-refractivity contribution in [2.24, 2.45) is 10.2 Å². The molecule has 0 aromatic heterocycles. The molecule has 37 heavy (non-hydrogen) atoms. The fraction of sp³-hybridized carbons (Fsp3) is 0.0800. The zero-order chi connectivity index (χ0) is 26.9. The molecule has 4 aromatic carbocycles. The lowest BCUT2D eigenvalue weighted by Crippen LogP contribution is -2.12. The van der Waals surface area contributed by atoms with Crippen LogP contribution in [0.5, 0.6) is 11.5 Å². The van der Waals surface area contributed by atoms with Gasteiger partial charge in [-0.05, 0) is 48.2 Å². The second kappa shape index (κ2) is 10.3. The van der Waals surface area contributed by atoms with E-state index in [0.29, 0.717) is 32.8 Å². The molecule has 0 aliphatic carbocycles. The highest BCUT2D eigenvalue weighted by Crippen LogP contribution is 2.40. The zero-order valence-electron chi connectivity index (χ0n) is 19.4. The van der Waals surface area contributed by atoms with Gasteiger partial charge in [0.25, 0.3) is 16.0 Å². The van der Waals surface area contributed by atoms with Gasteiger partial charge in [0.1, 0.15) is 16.3 Å². The summed E-state index contributed by atoms with van der Waals surface area (Å²) in [4.78, 5) is 12.7. The number of halogens is 2. The topological polar surface area (TPSA) is 138 Å². The maximum Gasteiger partial charge on any atom is 0.296 e. The van der Waals surface area contributed by atoms with Gasteiger partial charge in [0.05, 0.1) is 23.4 Å². The van der Waals surface area contributed by atoms with Gasteiger partial charge in [-0.1, -0.05) is 47.5 Å². The van der Waals surface area contributed by atoms with Crippen molar-refractivity contribution in [2.75, 3.05) is 12.4 Å². The molecule has 1 amide bonds. The number of rotatable bonds is 6. The van der Waals surface area contributed by atoms with E-state index in [0.717, 1.165) is 6.07 Å². The summed E-state index contributed by atoms with van der Waals surface area (Å²) in [7, 11) is -3.06. The number of nitrogens with zero attached hydrogens (tertiary/aromatic N) is 2. The second-order valence-electron chi connectivity index (χ2n) is 7.92. The van der Waals surface area contributed by atoms with Crippen molar-refractivity contribution < 1.29 is 27.6 Å². The Morgan fingerprint density at radius 3 is 2.46 bits per heavy atom. The smallest absolute Gasteiger partial charge is 0.296 e. The van der Waals surface area contributed by atoms with E-state index in [1.165, 1.54) is 25.3 Å². The van der Waals surface area contributed by atoms with Crippen LogP contribution < -0.4 is 10.1 Å². The van der Waals surface area contributed by atoms with E-state index in [2.05, 4.69) is 15.5 Å². The van der Waals surface area contributed by atoms with Gasteiger partial charge < -0.3 is 15.2 Å². The standard InChI is InChI=1S/C25H19Cl2N3O6S/c1-13-7-22(37(33,34)35)20(27)12-21(13)29-30-23-18-6-4-3-5-14(18)8-19(24(23)31)25(32)28-16-9-15(26)10-17(11-16)36-2/h3-12,31H,1-2H3,(H,28,32)(H,33,34,35). The fourth-order valence-electron chi connectivity index (χ4n) is 3.60. The third-order valence-corrected chi connectivity index (χ3v) is 6.93. The van der Waals surface area contributed by atoms with Gasteiger partial charge in [-0.3, -0.25) is 9.35 Å². The average Bonchev–Trinajstić information content (AvgIpc) is 2.83. The first-order valence-corrected chi connectivity index (χ1v) is 12.8. The minimum absolute atomic E-state index is 0.0151. The molecule has 12 heteroatoms. The zero-order valence-corrected chi connectivity index (χ0v) is 21.7. The normalized spacial score (nSPS) is 11.7. The molecule has 0 aliphatic rings. The molecule has 0 radical (unpaired) electrons. The lowest BCUT2D eigenvalue weighted by Gasteiger charge is -2.12. The number of phenolic OH excluding ortho intramolecular Hbond substituents is 1. The molecule has 0 saturated carbocycles. The number of phenols is 1. The Hall–Kier alpha value is -3.70. The number of methoxy groups -OCH3 is 1. The first kappa shape index (κ1) is 26.4. The van der Waals surface area contributed by atoms with Crippen LogP contribution in [0.15, 0.2) is 75.8 Å². The molecule has 4 aromatic rings. The van der Waals surface area contributed by atoms with E-state index in [9.17, 15) is 22.9 Å². The van der Waals surface area contributed by atoms with E-state index >= 15 is 0 Å². The molecule has 190 valence electrons. The van der Waals surface area contributed by atoms with Gasteiger partial charge in [0.2, 0.25) is 0 Å². The van der Waals surface area contributed by atoms with Crippen LogP contribution in [-0.4, -0.2) is 31.1 Å². The molecule has 3 N–H and O–H groups in total. The Bertz CT molecular complexity index is 1690. The molecule has 0 aliphatic heterocycles. The van der Waals surface area contributed by atoms with Crippen LogP contribution in [-0.2, 0) is 10.1 Å². The average molecular weight is 560 g/mol. The van der Waals surface area contributed by atoms with Crippen molar-refractivity contribution in [1.82, 2.24) is 0 Å². The molecular weight excluding hydrogens is 541 g/mol. The number of hydrogen-bond acceptors (Lipinski definition) is 7.